The first-order valence-corrected chi connectivity index (χ1v) is 6.62. The number of benzene rings is 1. The van der Waals surface area contributed by atoms with Crippen LogP contribution in [-0.4, -0.2) is 62.6 Å². The lowest BCUT2D eigenvalue weighted by atomic mass is 10.3. The third-order valence-corrected chi connectivity index (χ3v) is 3.33. The van der Waals surface area contributed by atoms with Crippen molar-refractivity contribution in [2.75, 3.05) is 51.7 Å². The van der Waals surface area contributed by atoms with Gasteiger partial charge in [-0.2, -0.15) is 0 Å². The number of anilines is 1. The van der Waals surface area contributed by atoms with Gasteiger partial charge in [-0.05, 0) is 19.2 Å². The summed E-state index contributed by atoms with van der Waals surface area (Å²) in [7, 11) is 2.15. The summed E-state index contributed by atoms with van der Waals surface area (Å²) in [4.78, 5) is 15.1. The standard InChI is InChI=1S/C14H21N3O2/c1-16-5-7-17(8-6-16)9-10-19-14-4-2-3-13(11-14)15-12-18/h2-4,11-12H,5-10H2,1H3,(H,15,18). The number of piperazine rings is 1. The number of hydrogen-bond acceptors (Lipinski definition) is 4. The summed E-state index contributed by atoms with van der Waals surface area (Å²) in [6.45, 7) is 6.07. The number of hydrogen-bond donors (Lipinski definition) is 1. The number of carbonyl (C=O) groups excluding carboxylic acids is 1. The first kappa shape index (κ1) is 13.8. The number of nitrogens with zero attached hydrogens (tertiary/aromatic N) is 2. The molecule has 1 saturated heterocycles. The molecule has 5 heteroatoms. The van der Waals surface area contributed by atoms with Gasteiger partial charge in [0.25, 0.3) is 0 Å². The number of ether oxygens (including phenoxy) is 1. The topological polar surface area (TPSA) is 44.8 Å². The Balaban J connectivity index is 1.73. The normalized spacial score (nSPS) is 17.1. The molecule has 1 aliphatic rings. The van der Waals surface area contributed by atoms with Crippen LogP contribution in [-0.2, 0) is 4.79 Å². The number of rotatable bonds is 6. The molecule has 2 rings (SSSR count). The molecule has 0 spiro atoms. The molecule has 0 aliphatic carbocycles. The summed E-state index contributed by atoms with van der Waals surface area (Å²) in [5.74, 6) is 0.793. The van der Waals surface area contributed by atoms with Gasteiger partial charge in [0.1, 0.15) is 12.4 Å². The van der Waals surface area contributed by atoms with E-state index in [2.05, 4.69) is 22.2 Å². The summed E-state index contributed by atoms with van der Waals surface area (Å²) in [5, 5.41) is 2.62. The van der Waals surface area contributed by atoms with Crippen molar-refractivity contribution in [1.82, 2.24) is 9.80 Å². The van der Waals surface area contributed by atoms with E-state index in [1.54, 1.807) is 0 Å². The number of carbonyl (C=O) groups is 1. The van der Waals surface area contributed by atoms with E-state index >= 15 is 0 Å². The van der Waals surface area contributed by atoms with Gasteiger partial charge in [0, 0.05) is 44.5 Å². The van der Waals surface area contributed by atoms with Crippen molar-refractivity contribution >= 4 is 12.1 Å². The van der Waals surface area contributed by atoms with Gasteiger partial charge in [0.2, 0.25) is 6.41 Å². The van der Waals surface area contributed by atoms with Crippen LogP contribution >= 0.6 is 0 Å². The van der Waals surface area contributed by atoms with E-state index in [0.717, 1.165) is 44.2 Å². The van der Waals surface area contributed by atoms with Gasteiger partial charge >= 0.3 is 0 Å². The Morgan fingerprint density at radius 1 is 1.32 bits per heavy atom. The summed E-state index contributed by atoms with van der Waals surface area (Å²) in [5.41, 5.74) is 0.757. The molecule has 0 radical (unpaired) electrons. The highest BCUT2D eigenvalue weighted by molar-refractivity contribution is 5.71. The average Bonchev–Trinajstić information content (AvgIpc) is 2.42. The molecular formula is C14H21N3O2. The summed E-state index contributed by atoms with van der Waals surface area (Å²) >= 11 is 0. The van der Waals surface area contributed by atoms with Gasteiger partial charge in [0.05, 0.1) is 0 Å². The van der Waals surface area contributed by atoms with E-state index in [4.69, 9.17) is 4.74 Å². The van der Waals surface area contributed by atoms with Crippen LogP contribution < -0.4 is 10.1 Å². The second-order valence-corrected chi connectivity index (χ2v) is 4.78. The van der Waals surface area contributed by atoms with Crippen molar-refractivity contribution in [3.8, 4) is 5.75 Å². The van der Waals surface area contributed by atoms with E-state index < -0.39 is 0 Å². The highest BCUT2D eigenvalue weighted by atomic mass is 16.5. The lowest BCUT2D eigenvalue weighted by Crippen LogP contribution is -2.45. The zero-order valence-corrected chi connectivity index (χ0v) is 11.3. The fourth-order valence-corrected chi connectivity index (χ4v) is 2.11. The Hall–Kier alpha value is -1.59. The highest BCUT2D eigenvalue weighted by Gasteiger charge is 2.13. The second-order valence-electron chi connectivity index (χ2n) is 4.78. The van der Waals surface area contributed by atoms with Crippen LogP contribution in [0.1, 0.15) is 0 Å². The Bertz CT molecular complexity index is 403. The second kappa shape index (κ2) is 7.11. The van der Waals surface area contributed by atoms with Crippen LogP contribution in [0.5, 0.6) is 5.75 Å². The smallest absolute Gasteiger partial charge is 0.211 e. The predicted molar refractivity (Wildman–Crippen MR) is 75.6 cm³/mol. The van der Waals surface area contributed by atoms with E-state index in [1.807, 2.05) is 24.3 Å². The fraction of sp³-hybridized carbons (Fsp3) is 0.500. The maximum Gasteiger partial charge on any atom is 0.211 e. The first-order valence-electron chi connectivity index (χ1n) is 6.62. The molecule has 1 aliphatic heterocycles. The minimum atomic E-state index is 0.670. The van der Waals surface area contributed by atoms with E-state index in [9.17, 15) is 4.79 Å². The third-order valence-electron chi connectivity index (χ3n) is 3.33. The van der Waals surface area contributed by atoms with Gasteiger partial charge < -0.3 is 15.0 Å². The molecule has 19 heavy (non-hydrogen) atoms. The van der Waals surface area contributed by atoms with E-state index in [1.165, 1.54) is 0 Å². The molecule has 0 atom stereocenters. The molecule has 0 saturated carbocycles. The molecule has 0 unspecified atom stereocenters. The molecule has 1 aromatic carbocycles. The van der Waals surface area contributed by atoms with Crippen molar-refractivity contribution in [1.29, 1.82) is 0 Å². The zero-order valence-electron chi connectivity index (χ0n) is 11.3. The van der Waals surface area contributed by atoms with Gasteiger partial charge in [-0.3, -0.25) is 9.69 Å². The summed E-state index contributed by atoms with van der Waals surface area (Å²) in [6.07, 6.45) is 0.670. The van der Waals surface area contributed by atoms with Crippen molar-refractivity contribution < 1.29 is 9.53 Å². The minimum absolute atomic E-state index is 0.670. The summed E-state index contributed by atoms with van der Waals surface area (Å²) in [6, 6.07) is 7.44. The Kier molecular flexibility index (Phi) is 5.18. The molecule has 0 aromatic heterocycles. The van der Waals surface area contributed by atoms with Crippen LogP contribution in [0.2, 0.25) is 0 Å². The third kappa shape index (κ3) is 4.54. The fourth-order valence-electron chi connectivity index (χ4n) is 2.11. The minimum Gasteiger partial charge on any atom is -0.492 e. The number of amides is 1. The number of likely N-dealkylation sites (N-methyl/N-ethyl adjacent to an activating group) is 1. The molecule has 1 aromatic rings. The molecule has 0 bridgehead atoms. The Morgan fingerprint density at radius 2 is 2.11 bits per heavy atom. The predicted octanol–water partition coefficient (Wildman–Crippen LogP) is 0.881. The SMILES string of the molecule is CN1CCN(CCOc2cccc(NC=O)c2)CC1. The van der Waals surface area contributed by atoms with Gasteiger partial charge in [-0.25, -0.2) is 0 Å². The quantitative estimate of drug-likeness (QED) is 0.774. The maximum absolute atomic E-state index is 10.4. The molecule has 1 N–H and O–H groups in total. The largest absolute Gasteiger partial charge is 0.492 e. The van der Waals surface area contributed by atoms with Crippen molar-refractivity contribution in [3.63, 3.8) is 0 Å². The molecule has 1 fully saturated rings. The van der Waals surface area contributed by atoms with Crippen LogP contribution in [0, 0.1) is 0 Å². The highest BCUT2D eigenvalue weighted by Crippen LogP contribution is 2.16. The van der Waals surface area contributed by atoms with Crippen LogP contribution in [0.3, 0.4) is 0 Å². The number of nitrogens with one attached hydrogen (secondary N) is 1. The van der Waals surface area contributed by atoms with Gasteiger partial charge in [0.15, 0.2) is 0 Å². The molecule has 5 nitrogen and oxygen atoms in total. The van der Waals surface area contributed by atoms with Crippen LogP contribution in [0.25, 0.3) is 0 Å². The molecule has 1 amide bonds. The van der Waals surface area contributed by atoms with E-state index in [0.29, 0.717) is 13.0 Å². The van der Waals surface area contributed by atoms with Gasteiger partial charge in [-0.15, -0.1) is 0 Å². The molecule has 1 heterocycles. The lowest BCUT2D eigenvalue weighted by Gasteiger charge is -2.32. The average molecular weight is 263 g/mol. The first-order chi connectivity index (χ1) is 9.28. The van der Waals surface area contributed by atoms with Crippen molar-refractivity contribution in [2.24, 2.45) is 0 Å². The zero-order chi connectivity index (χ0) is 13.5. The van der Waals surface area contributed by atoms with Crippen molar-refractivity contribution in [3.05, 3.63) is 24.3 Å². The Morgan fingerprint density at radius 3 is 2.84 bits per heavy atom. The monoisotopic (exact) mass is 263 g/mol. The molecular weight excluding hydrogens is 242 g/mol. The van der Waals surface area contributed by atoms with Gasteiger partial charge in [-0.1, -0.05) is 6.07 Å². The molecule has 104 valence electrons. The Labute approximate surface area is 114 Å². The van der Waals surface area contributed by atoms with Crippen LogP contribution in [0.4, 0.5) is 5.69 Å². The van der Waals surface area contributed by atoms with E-state index in [-0.39, 0.29) is 0 Å². The lowest BCUT2D eigenvalue weighted by molar-refractivity contribution is -0.105. The summed E-state index contributed by atoms with van der Waals surface area (Å²) < 4.78 is 5.71. The van der Waals surface area contributed by atoms with Crippen LogP contribution in [0.15, 0.2) is 24.3 Å². The maximum atomic E-state index is 10.4. The van der Waals surface area contributed by atoms with Crippen molar-refractivity contribution in [2.45, 2.75) is 0 Å².